The van der Waals surface area contributed by atoms with E-state index in [1.807, 2.05) is 12.1 Å². The number of carbonyl (C=O) groups excluding carboxylic acids is 1. The molecule has 6 nitrogen and oxygen atoms in total. The number of hydrogen-bond acceptors (Lipinski definition) is 4. The molecule has 2 N–H and O–H groups in total. The summed E-state index contributed by atoms with van der Waals surface area (Å²) in [5.74, 6) is -0.154. The third-order valence-electron chi connectivity index (χ3n) is 6.54. The Morgan fingerprint density at radius 1 is 1.00 bits per heavy atom. The number of aryl methyl sites for hydroxylation is 1. The molecule has 0 aliphatic heterocycles. The summed E-state index contributed by atoms with van der Waals surface area (Å²) in [6.07, 6.45) is 4.33. The maximum Gasteiger partial charge on any atom is 0.273 e. The third-order valence-corrected chi connectivity index (χ3v) is 6.54. The van der Waals surface area contributed by atoms with Crippen LogP contribution < -0.4 is 5.32 Å². The van der Waals surface area contributed by atoms with Gasteiger partial charge in [-0.1, -0.05) is 54.6 Å². The van der Waals surface area contributed by atoms with Gasteiger partial charge in [0.25, 0.3) is 5.91 Å². The van der Waals surface area contributed by atoms with Gasteiger partial charge in [-0.05, 0) is 53.8 Å². The summed E-state index contributed by atoms with van der Waals surface area (Å²) in [5.41, 5.74) is 5.90. The first-order chi connectivity index (χ1) is 18.0. The van der Waals surface area contributed by atoms with E-state index in [-0.39, 0.29) is 24.0 Å². The number of rotatable bonds is 10. The summed E-state index contributed by atoms with van der Waals surface area (Å²) in [5, 5.41) is 4.04. The molecular weight excluding hydrogens is 467 g/mol. The second-order valence-electron chi connectivity index (χ2n) is 9.18. The maximum atomic E-state index is 13.1. The summed E-state index contributed by atoms with van der Waals surface area (Å²) in [7, 11) is 0. The molecule has 0 atom stereocenters. The van der Waals surface area contributed by atoms with E-state index in [0.717, 1.165) is 30.6 Å². The van der Waals surface area contributed by atoms with E-state index >= 15 is 0 Å². The fourth-order valence-electron chi connectivity index (χ4n) is 4.41. The lowest BCUT2D eigenvalue weighted by Crippen LogP contribution is -2.26. The van der Waals surface area contributed by atoms with Crippen LogP contribution in [0, 0.1) is 12.7 Å². The molecule has 1 amide bonds. The quantitative estimate of drug-likeness (QED) is 0.257. The van der Waals surface area contributed by atoms with Crippen LogP contribution >= 0.6 is 0 Å². The normalized spacial score (nSPS) is 11.3. The van der Waals surface area contributed by atoms with Crippen LogP contribution in [0.5, 0.6) is 0 Å². The number of hydrogen-bond donors (Lipinski definition) is 2. The number of fused-ring (bicyclic) bond motifs is 1. The summed E-state index contributed by atoms with van der Waals surface area (Å²) in [6.45, 7) is 4.41. The van der Waals surface area contributed by atoms with Crippen LogP contribution in [-0.4, -0.2) is 27.3 Å². The van der Waals surface area contributed by atoms with Crippen molar-refractivity contribution < 1.29 is 13.6 Å². The predicted molar refractivity (Wildman–Crippen MR) is 141 cm³/mol. The van der Waals surface area contributed by atoms with Crippen LogP contribution in [0.1, 0.15) is 38.6 Å². The zero-order valence-corrected chi connectivity index (χ0v) is 20.7. The van der Waals surface area contributed by atoms with Crippen LogP contribution in [0.2, 0.25) is 0 Å². The van der Waals surface area contributed by atoms with Crippen molar-refractivity contribution in [1.29, 1.82) is 0 Å². The average Bonchev–Trinajstić information content (AvgIpc) is 3.55. The SMILES string of the molecule is Cc1ccccc1CN(CCc1c[nH]c2ccccc12)Cc1nc(C(=O)NCc2ccc(F)cc2)co1. The lowest BCUT2D eigenvalue weighted by atomic mass is 10.1. The first-order valence-corrected chi connectivity index (χ1v) is 12.3. The number of nitrogens with zero attached hydrogens (tertiary/aromatic N) is 2. The van der Waals surface area contributed by atoms with Gasteiger partial charge in [-0.2, -0.15) is 0 Å². The van der Waals surface area contributed by atoms with Crippen molar-refractivity contribution in [3.63, 3.8) is 0 Å². The van der Waals surface area contributed by atoms with Gasteiger partial charge in [0.05, 0.1) is 6.54 Å². The van der Waals surface area contributed by atoms with E-state index in [0.29, 0.717) is 12.4 Å². The van der Waals surface area contributed by atoms with Crippen LogP contribution in [0.4, 0.5) is 4.39 Å². The molecular formula is C30H29FN4O2. The number of halogens is 1. The zero-order valence-electron chi connectivity index (χ0n) is 20.7. The average molecular weight is 497 g/mol. The fraction of sp³-hybridized carbons (Fsp3) is 0.200. The van der Waals surface area contributed by atoms with E-state index in [2.05, 4.69) is 69.7 Å². The molecule has 0 radical (unpaired) electrons. The topological polar surface area (TPSA) is 74.2 Å². The Morgan fingerprint density at radius 3 is 2.62 bits per heavy atom. The van der Waals surface area contributed by atoms with E-state index in [1.54, 1.807) is 12.1 Å². The highest BCUT2D eigenvalue weighted by Gasteiger charge is 2.17. The Bertz CT molecular complexity index is 1490. The molecule has 2 heterocycles. The van der Waals surface area contributed by atoms with Gasteiger partial charge in [0, 0.05) is 36.7 Å². The Balaban J connectivity index is 1.26. The maximum absolute atomic E-state index is 13.1. The van der Waals surface area contributed by atoms with Crippen molar-refractivity contribution in [2.45, 2.75) is 33.0 Å². The number of aromatic nitrogens is 2. The van der Waals surface area contributed by atoms with E-state index in [1.165, 1.54) is 40.5 Å². The predicted octanol–water partition coefficient (Wildman–Crippen LogP) is 5.78. The number of para-hydroxylation sites is 1. The number of aromatic amines is 1. The fourth-order valence-corrected chi connectivity index (χ4v) is 4.41. The van der Waals surface area contributed by atoms with Gasteiger partial charge >= 0.3 is 0 Å². The van der Waals surface area contributed by atoms with Gasteiger partial charge in [-0.3, -0.25) is 9.69 Å². The number of oxazole rings is 1. The summed E-state index contributed by atoms with van der Waals surface area (Å²) < 4.78 is 18.8. The Morgan fingerprint density at radius 2 is 1.78 bits per heavy atom. The highest BCUT2D eigenvalue weighted by atomic mass is 19.1. The number of H-pyrrole nitrogens is 1. The molecule has 0 bridgehead atoms. The number of benzene rings is 3. The van der Waals surface area contributed by atoms with E-state index < -0.39 is 0 Å². The molecule has 188 valence electrons. The Hall–Kier alpha value is -4.23. The number of nitrogens with one attached hydrogen (secondary N) is 2. The lowest BCUT2D eigenvalue weighted by molar-refractivity contribution is 0.0945. The highest BCUT2D eigenvalue weighted by Crippen LogP contribution is 2.20. The third kappa shape index (κ3) is 6.13. The molecule has 3 aromatic carbocycles. The van der Waals surface area contributed by atoms with Gasteiger partial charge in [0.1, 0.15) is 12.1 Å². The molecule has 0 saturated carbocycles. The van der Waals surface area contributed by atoms with Crippen molar-refractivity contribution in [3.8, 4) is 0 Å². The smallest absolute Gasteiger partial charge is 0.273 e. The first-order valence-electron chi connectivity index (χ1n) is 12.3. The van der Waals surface area contributed by atoms with Gasteiger partial charge < -0.3 is 14.7 Å². The van der Waals surface area contributed by atoms with Crippen molar-refractivity contribution in [2.24, 2.45) is 0 Å². The highest BCUT2D eigenvalue weighted by molar-refractivity contribution is 5.91. The summed E-state index contributed by atoms with van der Waals surface area (Å²) in [6, 6.07) is 22.7. The van der Waals surface area contributed by atoms with Crippen molar-refractivity contribution in [1.82, 2.24) is 20.2 Å². The Labute approximate surface area is 215 Å². The number of amides is 1. The minimum absolute atomic E-state index is 0.226. The monoisotopic (exact) mass is 496 g/mol. The zero-order chi connectivity index (χ0) is 25.6. The van der Waals surface area contributed by atoms with Crippen molar-refractivity contribution >= 4 is 16.8 Å². The minimum atomic E-state index is -0.330. The molecule has 5 aromatic rings. The van der Waals surface area contributed by atoms with Gasteiger partial charge in [0.2, 0.25) is 5.89 Å². The van der Waals surface area contributed by atoms with E-state index in [9.17, 15) is 9.18 Å². The molecule has 0 aliphatic rings. The second kappa shape index (κ2) is 11.2. The molecule has 0 saturated heterocycles. The van der Waals surface area contributed by atoms with Gasteiger partial charge in [-0.25, -0.2) is 9.37 Å². The molecule has 0 fully saturated rings. The molecule has 5 rings (SSSR count). The van der Waals surface area contributed by atoms with Crippen molar-refractivity contribution in [3.05, 3.63) is 125 Å². The van der Waals surface area contributed by atoms with E-state index in [4.69, 9.17) is 4.42 Å². The van der Waals surface area contributed by atoms with Crippen LogP contribution in [0.25, 0.3) is 10.9 Å². The lowest BCUT2D eigenvalue weighted by Gasteiger charge is -2.22. The Kier molecular flexibility index (Phi) is 7.42. The van der Waals surface area contributed by atoms with Crippen LogP contribution in [-0.2, 0) is 26.1 Å². The molecule has 37 heavy (non-hydrogen) atoms. The van der Waals surface area contributed by atoms with Gasteiger partial charge in [0.15, 0.2) is 5.69 Å². The second-order valence-corrected chi connectivity index (χ2v) is 9.18. The number of carbonyl (C=O) groups is 1. The molecule has 2 aromatic heterocycles. The molecule has 0 aliphatic carbocycles. The largest absolute Gasteiger partial charge is 0.447 e. The summed E-state index contributed by atoms with van der Waals surface area (Å²) in [4.78, 5) is 22.7. The molecule has 0 spiro atoms. The van der Waals surface area contributed by atoms with Gasteiger partial charge in [-0.15, -0.1) is 0 Å². The molecule has 7 heteroatoms. The first kappa shape index (κ1) is 24.5. The standard InChI is InChI=1S/C30H29FN4O2/c1-21-6-2-3-7-24(21)18-35(15-14-23-17-32-27-9-5-4-8-26(23)27)19-29-34-28(20-37-29)30(36)33-16-22-10-12-25(31)13-11-22/h2-13,17,20,32H,14-16,18-19H2,1H3,(H,33,36). The summed E-state index contributed by atoms with van der Waals surface area (Å²) >= 11 is 0. The van der Waals surface area contributed by atoms with Crippen LogP contribution in [0.15, 0.2) is 89.7 Å². The van der Waals surface area contributed by atoms with Crippen molar-refractivity contribution in [2.75, 3.05) is 6.54 Å². The molecule has 0 unspecified atom stereocenters. The minimum Gasteiger partial charge on any atom is -0.447 e. The van der Waals surface area contributed by atoms with Crippen LogP contribution in [0.3, 0.4) is 0 Å².